The van der Waals surface area contributed by atoms with Gasteiger partial charge >= 0.3 is 6.03 Å². The van der Waals surface area contributed by atoms with Crippen molar-refractivity contribution in [2.45, 2.75) is 25.0 Å². The van der Waals surface area contributed by atoms with Crippen LogP contribution in [0.15, 0.2) is 72.8 Å². The molecule has 34 heavy (non-hydrogen) atoms. The molecule has 0 radical (unpaired) electrons. The molecule has 1 aromatic heterocycles. The molecule has 0 saturated carbocycles. The molecule has 168 valence electrons. The van der Waals surface area contributed by atoms with Crippen LogP contribution in [0.5, 0.6) is 11.5 Å². The maximum absolute atomic E-state index is 13.8. The standard InChI is InChI=1S/C27H21N3O4/c31-26-21-13-19-18-8-4-5-9-20(18)28-24(19)25(17-10-11-22-23(12-17)34-15-33-22)30(21)27(32)29(26)14-16-6-2-1-3-7-16/h1-12,21,25,28H,13-15H2/t21-,25-/m1/s1. The van der Waals surface area contributed by atoms with Gasteiger partial charge in [-0.05, 0) is 34.9 Å². The molecule has 3 aromatic carbocycles. The van der Waals surface area contributed by atoms with Crippen molar-refractivity contribution >= 4 is 22.8 Å². The largest absolute Gasteiger partial charge is 0.454 e. The molecule has 7 rings (SSSR count). The minimum atomic E-state index is -0.557. The third kappa shape index (κ3) is 2.70. The second-order valence-electron chi connectivity index (χ2n) is 8.90. The van der Waals surface area contributed by atoms with Gasteiger partial charge in [-0.2, -0.15) is 0 Å². The van der Waals surface area contributed by atoms with Crippen molar-refractivity contribution in [1.82, 2.24) is 14.8 Å². The summed E-state index contributed by atoms with van der Waals surface area (Å²) in [5, 5.41) is 1.09. The van der Waals surface area contributed by atoms with Crippen LogP contribution in [0.1, 0.15) is 28.4 Å². The third-order valence-electron chi connectivity index (χ3n) is 7.03. The van der Waals surface area contributed by atoms with Crippen molar-refractivity contribution in [3.8, 4) is 11.5 Å². The molecular weight excluding hydrogens is 430 g/mol. The molecule has 3 aliphatic rings. The first-order valence-corrected chi connectivity index (χ1v) is 11.4. The highest BCUT2D eigenvalue weighted by Gasteiger charge is 2.52. The van der Waals surface area contributed by atoms with Crippen molar-refractivity contribution in [3.63, 3.8) is 0 Å². The highest BCUT2D eigenvalue weighted by molar-refractivity contribution is 6.05. The Morgan fingerprint density at radius 2 is 1.71 bits per heavy atom. The van der Waals surface area contributed by atoms with Crippen molar-refractivity contribution in [3.05, 3.63) is 95.2 Å². The minimum Gasteiger partial charge on any atom is -0.454 e. The van der Waals surface area contributed by atoms with Crippen molar-refractivity contribution in [2.75, 3.05) is 6.79 Å². The number of fused-ring (bicyclic) bond motifs is 5. The van der Waals surface area contributed by atoms with Gasteiger partial charge in [0.15, 0.2) is 11.5 Å². The third-order valence-corrected chi connectivity index (χ3v) is 7.03. The fourth-order valence-corrected chi connectivity index (χ4v) is 5.47. The maximum atomic E-state index is 13.8. The van der Waals surface area contributed by atoms with Gasteiger partial charge < -0.3 is 14.5 Å². The molecule has 4 aromatic rings. The quantitative estimate of drug-likeness (QED) is 0.469. The Kier molecular flexibility index (Phi) is 4.03. The van der Waals surface area contributed by atoms with Gasteiger partial charge in [-0.3, -0.25) is 14.6 Å². The molecule has 2 atom stereocenters. The van der Waals surface area contributed by atoms with Gasteiger partial charge in [-0.1, -0.05) is 54.6 Å². The van der Waals surface area contributed by atoms with Crippen LogP contribution in [0, 0.1) is 0 Å². The van der Waals surface area contributed by atoms with Crippen LogP contribution in [0.4, 0.5) is 4.79 Å². The number of carbonyl (C=O) groups excluding carboxylic acids is 2. The number of hydrogen-bond donors (Lipinski definition) is 1. The molecule has 0 bridgehead atoms. The molecule has 7 nitrogen and oxygen atoms in total. The molecule has 1 saturated heterocycles. The Morgan fingerprint density at radius 3 is 2.59 bits per heavy atom. The lowest BCUT2D eigenvalue weighted by Gasteiger charge is -2.36. The zero-order valence-corrected chi connectivity index (χ0v) is 18.2. The van der Waals surface area contributed by atoms with Gasteiger partial charge in [0.2, 0.25) is 6.79 Å². The zero-order chi connectivity index (χ0) is 22.8. The molecule has 4 heterocycles. The maximum Gasteiger partial charge on any atom is 0.328 e. The van der Waals surface area contributed by atoms with E-state index in [4.69, 9.17) is 9.47 Å². The van der Waals surface area contributed by atoms with Gasteiger partial charge in [0.05, 0.1) is 6.54 Å². The molecule has 3 aliphatic heterocycles. The molecular formula is C27H21N3O4. The van der Waals surface area contributed by atoms with Crippen molar-refractivity contribution in [1.29, 1.82) is 0 Å². The van der Waals surface area contributed by atoms with Crippen LogP contribution in [-0.4, -0.2) is 39.6 Å². The fourth-order valence-electron chi connectivity index (χ4n) is 5.47. The smallest absolute Gasteiger partial charge is 0.328 e. The topological polar surface area (TPSA) is 74.9 Å². The summed E-state index contributed by atoms with van der Waals surface area (Å²) >= 11 is 0. The van der Waals surface area contributed by atoms with E-state index in [0.29, 0.717) is 17.9 Å². The van der Waals surface area contributed by atoms with E-state index >= 15 is 0 Å². The predicted molar refractivity (Wildman–Crippen MR) is 124 cm³/mol. The van der Waals surface area contributed by atoms with E-state index in [1.54, 1.807) is 4.90 Å². The number of aromatic amines is 1. The predicted octanol–water partition coefficient (Wildman–Crippen LogP) is 4.38. The van der Waals surface area contributed by atoms with Crippen LogP contribution in [-0.2, 0) is 17.8 Å². The summed E-state index contributed by atoms with van der Waals surface area (Å²) in [6, 6.07) is 22.2. The molecule has 0 spiro atoms. The molecule has 1 fully saturated rings. The summed E-state index contributed by atoms with van der Waals surface area (Å²) in [4.78, 5) is 34.0. The van der Waals surface area contributed by atoms with E-state index < -0.39 is 12.1 Å². The van der Waals surface area contributed by atoms with E-state index in [9.17, 15) is 9.59 Å². The van der Waals surface area contributed by atoms with Gasteiger partial charge in [0.1, 0.15) is 12.1 Å². The Balaban J connectivity index is 1.37. The number of rotatable bonds is 3. The lowest BCUT2D eigenvalue weighted by atomic mass is 9.88. The first kappa shape index (κ1) is 19.2. The molecule has 0 aliphatic carbocycles. The number of amides is 3. The first-order chi connectivity index (χ1) is 16.7. The summed E-state index contributed by atoms with van der Waals surface area (Å²) in [6.45, 7) is 0.434. The fraction of sp³-hybridized carbons (Fsp3) is 0.185. The Morgan fingerprint density at radius 1 is 0.912 bits per heavy atom. The van der Waals surface area contributed by atoms with Crippen LogP contribution in [0.25, 0.3) is 10.9 Å². The Labute approximate surface area is 195 Å². The van der Waals surface area contributed by atoms with E-state index in [1.807, 2.05) is 66.7 Å². The van der Waals surface area contributed by atoms with Gasteiger partial charge in [0.25, 0.3) is 5.91 Å². The highest BCUT2D eigenvalue weighted by atomic mass is 16.7. The number of hydrogen-bond acceptors (Lipinski definition) is 4. The van der Waals surface area contributed by atoms with Crippen LogP contribution < -0.4 is 9.47 Å². The minimum absolute atomic E-state index is 0.157. The average Bonchev–Trinajstić information content (AvgIpc) is 3.55. The van der Waals surface area contributed by atoms with Crippen molar-refractivity contribution in [2.24, 2.45) is 0 Å². The number of carbonyl (C=O) groups is 2. The second kappa shape index (κ2) is 7.12. The van der Waals surface area contributed by atoms with Crippen LogP contribution >= 0.6 is 0 Å². The summed E-state index contributed by atoms with van der Waals surface area (Å²) in [6.07, 6.45) is 0.482. The van der Waals surface area contributed by atoms with Gasteiger partial charge in [-0.15, -0.1) is 0 Å². The number of ether oxygens (including phenoxy) is 2. The van der Waals surface area contributed by atoms with E-state index in [-0.39, 0.29) is 25.3 Å². The number of aromatic nitrogens is 1. The van der Waals surface area contributed by atoms with E-state index in [2.05, 4.69) is 11.1 Å². The van der Waals surface area contributed by atoms with Crippen LogP contribution in [0.2, 0.25) is 0 Å². The zero-order valence-electron chi connectivity index (χ0n) is 18.2. The SMILES string of the molecule is O=C1[C@H]2Cc3c([nH]c4ccccc34)[C@@H](c3ccc4c(c3)OCO4)N2C(=O)N1Cc1ccccc1. The number of imide groups is 1. The number of urea groups is 1. The van der Waals surface area contributed by atoms with Gasteiger partial charge in [0, 0.05) is 23.0 Å². The number of nitrogens with zero attached hydrogens (tertiary/aromatic N) is 2. The monoisotopic (exact) mass is 451 g/mol. The van der Waals surface area contributed by atoms with Crippen LogP contribution in [0.3, 0.4) is 0 Å². The lowest BCUT2D eigenvalue weighted by molar-refractivity contribution is -0.129. The number of H-pyrrole nitrogens is 1. The summed E-state index contributed by atoms with van der Waals surface area (Å²) in [7, 11) is 0. The molecule has 0 unspecified atom stereocenters. The highest BCUT2D eigenvalue weighted by Crippen LogP contribution is 2.46. The summed E-state index contributed by atoms with van der Waals surface area (Å²) in [5.74, 6) is 1.18. The second-order valence-corrected chi connectivity index (χ2v) is 8.90. The summed E-state index contributed by atoms with van der Waals surface area (Å²) < 4.78 is 11.1. The van der Waals surface area contributed by atoms with Gasteiger partial charge in [-0.25, -0.2) is 4.79 Å². The Hall–Kier alpha value is -4.26. The lowest BCUT2D eigenvalue weighted by Crippen LogP contribution is -2.44. The van der Waals surface area contributed by atoms with E-state index in [1.165, 1.54) is 4.90 Å². The Bertz CT molecular complexity index is 1460. The normalized spacial score (nSPS) is 20.7. The van der Waals surface area contributed by atoms with E-state index in [0.717, 1.165) is 33.3 Å². The summed E-state index contributed by atoms with van der Waals surface area (Å²) in [5.41, 5.74) is 4.83. The molecule has 1 N–H and O–H groups in total. The first-order valence-electron chi connectivity index (χ1n) is 11.4. The number of para-hydroxylation sites is 1. The number of benzene rings is 3. The molecule has 3 amide bonds. The molecule has 7 heteroatoms. The number of nitrogens with one attached hydrogen (secondary N) is 1. The van der Waals surface area contributed by atoms with Crippen molar-refractivity contribution < 1.29 is 19.1 Å². The average molecular weight is 451 g/mol.